The van der Waals surface area contributed by atoms with Gasteiger partial charge in [-0.05, 0) is 18.2 Å². The van der Waals surface area contributed by atoms with Crippen molar-refractivity contribution in [3.05, 3.63) is 73.4 Å². The minimum absolute atomic E-state index is 0.0221. The molecule has 1 N–H and O–H groups in total. The molecule has 9 heteroatoms. The lowest BCUT2D eigenvalue weighted by molar-refractivity contribution is -0.111. The zero-order chi connectivity index (χ0) is 22.2. The number of aliphatic hydroxyl groups excluding tert-OH is 1. The van der Waals surface area contributed by atoms with E-state index in [0.29, 0.717) is 0 Å². The van der Waals surface area contributed by atoms with Gasteiger partial charge in [0, 0.05) is 5.56 Å². The molecule has 30 heavy (non-hydrogen) atoms. The summed E-state index contributed by atoms with van der Waals surface area (Å²) in [5.41, 5.74) is 0.232. The molecule has 0 aromatic heterocycles. The van der Waals surface area contributed by atoms with Crippen LogP contribution in [-0.4, -0.2) is 56.7 Å². The van der Waals surface area contributed by atoms with Gasteiger partial charge < -0.3 is 33.5 Å². The number of ether oxygens (including phenoxy) is 6. The molecule has 1 aromatic carbocycles. The molecule has 0 spiro atoms. The topological polar surface area (TPSA) is 110 Å². The van der Waals surface area contributed by atoms with Crippen LogP contribution in [0.4, 0.5) is 0 Å². The lowest BCUT2D eigenvalue weighted by atomic mass is 10.1. The number of carbonyl (C=O) groups excluding carboxylic acids is 2. The lowest BCUT2D eigenvalue weighted by Crippen LogP contribution is -2.15. The molecule has 0 saturated heterocycles. The van der Waals surface area contributed by atoms with Crippen LogP contribution in [-0.2, 0) is 28.4 Å². The van der Waals surface area contributed by atoms with Gasteiger partial charge >= 0.3 is 11.9 Å². The van der Waals surface area contributed by atoms with Crippen LogP contribution in [0.1, 0.15) is 32.6 Å². The van der Waals surface area contributed by atoms with Gasteiger partial charge in [-0.15, -0.1) is 0 Å². The Bertz CT molecular complexity index is 668. The SMILES string of the molecule is C=COCCOC(=O)c1cc(C(=O)OCCOC=C)cc(C(O)OCCOC=C)c1. The minimum Gasteiger partial charge on any atom is -0.499 e. The maximum atomic E-state index is 12.3. The lowest BCUT2D eigenvalue weighted by Gasteiger charge is -2.15. The molecular weight excluding hydrogens is 396 g/mol. The smallest absolute Gasteiger partial charge is 0.338 e. The summed E-state index contributed by atoms with van der Waals surface area (Å²) in [6.45, 7) is 10.6. The highest BCUT2D eigenvalue weighted by Gasteiger charge is 2.19. The summed E-state index contributed by atoms with van der Waals surface area (Å²) in [7, 11) is 0. The highest BCUT2D eigenvalue weighted by molar-refractivity contribution is 5.95. The molecule has 0 amide bonds. The number of carbonyl (C=O) groups is 2. The van der Waals surface area contributed by atoms with Crippen LogP contribution in [0, 0.1) is 0 Å². The summed E-state index contributed by atoms with van der Waals surface area (Å²) in [4.78, 5) is 24.6. The van der Waals surface area contributed by atoms with Gasteiger partial charge in [0.05, 0.1) is 36.5 Å². The van der Waals surface area contributed by atoms with Crippen LogP contribution in [0.5, 0.6) is 0 Å². The Balaban J connectivity index is 2.94. The number of hydrogen-bond donors (Lipinski definition) is 1. The van der Waals surface area contributed by atoms with Crippen molar-refractivity contribution in [2.75, 3.05) is 39.6 Å². The molecule has 0 aliphatic heterocycles. The van der Waals surface area contributed by atoms with Crippen LogP contribution in [0.3, 0.4) is 0 Å². The van der Waals surface area contributed by atoms with E-state index in [9.17, 15) is 14.7 Å². The molecule has 1 unspecified atom stereocenters. The molecule has 1 atom stereocenters. The Morgan fingerprint density at radius 3 is 1.63 bits per heavy atom. The molecule has 0 fully saturated rings. The summed E-state index contributed by atoms with van der Waals surface area (Å²) in [6, 6.07) is 4.01. The van der Waals surface area contributed by atoms with E-state index in [-0.39, 0.29) is 56.3 Å². The molecule has 9 nitrogen and oxygen atoms in total. The molecule has 164 valence electrons. The summed E-state index contributed by atoms with van der Waals surface area (Å²) < 4.78 is 30.1. The third-order valence-corrected chi connectivity index (χ3v) is 3.41. The second-order valence-electron chi connectivity index (χ2n) is 5.45. The molecule has 0 saturated carbocycles. The van der Waals surface area contributed by atoms with E-state index in [1.807, 2.05) is 0 Å². The van der Waals surface area contributed by atoms with Crippen molar-refractivity contribution in [1.82, 2.24) is 0 Å². The molecule has 0 aliphatic carbocycles. The Morgan fingerprint density at radius 2 is 1.20 bits per heavy atom. The van der Waals surface area contributed by atoms with Gasteiger partial charge in [0.2, 0.25) is 0 Å². The average Bonchev–Trinajstić information content (AvgIpc) is 2.76. The summed E-state index contributed by atoms with van der Waals surface area (Å²) in [6.07, 6.45) is 2.28. The highest BCUT2D eigenvalue weighted by Crippen LogP contribution is 2.20. The Kier molecular flexibility index (Phi) is 12.1. The van der Waals surface area contributed by atoms with E-state index in [1.54, 1.807) is 0 Å². The van der Waals surface area contributed by atoms with Gasteiger partial charge in [-0.1, -0.05) is 19.7 Å². The maximum absolute atomic E-state index is 12.3. The largest absolute Gasteiger partial charge is 0.499 e. The van der Waals surface area contributed by atoms with Crippen LogP contribution in [0.15, 0.2) is 56.7 Å². The van der Waals surface area contributed by atoms with Crippen molar-refractivity contribution in [3.63, 3.8) is 0 Å². The van der Waals surface area contributed by atoms with Crippen LogP contribution in [0.2, 0.25) is 0 Å². The van der Waals surface area contributed by atoms with Crippen molar-refractivity contribution in [2.45, 2.75) is 6.29 Å². The summed E-state index contributed by atoms with van der Waals surface area (Å²) >= 11 is 0. The number of hydrogen-bond acceptors (Lipinski definition) is 9. The van der Waals surface area contributed by atoms with E-state index < -0.39 is 18.2 Å². The average molecular weight is 422 g/mol. The van der Waals surface area contributed by atoms with Crippen molar-refractivity contribution in [3.8, 4) is 0 Å². The van der Waals surface area contributed by atoms with Crippen LogP contribution >= 0.6 is 0 Å². The molecular formula is C21H26O9. The van der Waals surface area contributed by atoms with E-state index >= 15 is 0 Å². The number of esters is 2. The van der Waals surface area contributed by atoms with Crippen molar-refractivity contribution in [1.29, 1.82) is 0 Å². The second kappa shape index (κ2) is 14.7. The molecule has 0 heterocycles. The second-order valence-corrected chi connectivity index (χ2v) is 5.45. The van der Waals surface area contributed by atoms with E-state index in [2.05, 4.69) is 19.7 Å². The summed E-state index contributed by atoms with van der Waals surface area (Å²) in [5.74, 6) is -1.42. The standard InChI is InChI=1S/C21H26O9/c1-4-25-7-10-28-19(22)16-13-17(20(23)29-11-8-26-5-2)15-18(14-16)21(24)30-12-9-27-6-3/h4-6,13-15,19,22H,1-3,7-12H2. The van der Waals surface area contributed by atoms with Crippen LogP contribution < -0.4 is 0 Å². The van der Waals surface area contributed by atoms with Gasteiger partial charge in [-0.3, -0.25) is 0 Å². The van der Waals surface area contributed by atoms with Gasteiger partial charge in [0.1, 0.15) is 33.0 Å². The first-order valence-corrected chi connectivity index (χ1v) is 9.00. The maximum Gasteiger partial charge on any atom is 0.338 e. The fourth-order valence-corrected chi connectivity index (χ4v) is 2.12. The molecule has 0 bridgehead atoms. The molecule has 0 aliphatic rings. The van der Waals surface area contributed by atoms with E-state index in [0.717, 1.165) is 0 Å². The van der Waals surface area contributed by atoms with Crippen molar-refractivity contribution in [2.24, 2.45) is 0 Å². The third-order valence-electron chi connectivity index (χ3n) is 3.41. The summed E-state index contributed by atoms with van der Waals surface area (Å²) in [5, 5.41) is 10.3. The van der Waals surface area contributed by atoms with Gasteiger partial charge in [-0.25, -0.2) is 9.59 Å². The molecule has 1 rings (SSSR count). The van der Waals surface area contributed by atoms with Crippen molar-refractivity contribution >= 4 is 11.9 Å². The first-order chi connectivity index (χ1) is 14.5. The van der Waals surface area contributed by atoms with Crippen molar-refractivity contribution < 1.29 is 43.1 Å². The fourth-order valence-electron chi connectivity index (χ4n) is 2.12. The Morgan fingerprint density at radius 1 is 0.767 bits per heavy atom. The van der Waals surface area contributed by atoms with E-state index in [4.69, 9.17) is 28.4 Å². The third kappa shape index (κ3) is 9.26. The number of rotatable bonds is 16. The van der Waals surface area contributed by atoms with Gasteiger partial charge in [0.15, 0.2) is 6.29 Å². The predicted octanol–water partition coefficient (Wildman–Crippen LogP) is 2.49. The highest BCUT2D eigenvalue weighted by atomic mass is 16.6. The predicted molar refractivity (Wildman–Crippen MR) is 106 cm³/mol. The Hall–Kier alpha value is -3.30. The number of benzene rings is 1. The monoisotopic (exact) mass is 422 g/mol. The van der Waals surface area contributed by atoms with Gasteiger partial charge in [0.25, 0.3) is 0 Å². The minimum atomic E-state index is -1.41. The first kappa shape index (κ1) is 24.7. The first-order valence-electron chi connectivity index (χ1n) is 9.00. The van der Waals surface area contributed by atoms with Gasteiger partial charge in [-0.2, -0.15) is 0 Å². The molecule has 1 aromatic rings. The fraction of sp³-hybridized carbons (Fsp3) is 0.333. The number of aliphatic hydroxyl groups is 1. The molecule has 0 radical (unpaired) electrons. The van der Waals surface area contributed by atoms with Crippen LogP contribution in [0.25, 0.3) is 0 Å². The normalized spacial score (nSPS) is 11.0. The zero-order valence-electron chi connectivity index (χ0n) is 16.6. The quantitative estimate of drug-likeness (QED) is 0.186. The van der Waals surface area contributed by atoms with E-state index in [1.165, 1.54) is 37.0 Å². The Labute approximate surface area is 175 Å². The zero-order valence-corrected chi connectivity index (χ0v) is 16.6.